The number of aromatic nitrogens is 1. The lowest BCUT2D eigenvalue weighted by molar-refractivity contribution is 0.0883. The average molecular weight is 311 g/mol. The first-order valence-corrected chi connectivity index (χ1v) is 8.63. The Bertz CT molecular complexity index is 749. The summed E-state index contributed by atoms with van der Waals surface area (Å²) in [5.41, 5.74) is 3.01. The molecule has 122 valence electrons. The van der Waals surface area contributed by atoms with E-state index < -0.39 is 0 Å². The van der Waals surface area contributed by atoms with Crippen molar-refractivity contribution in [1.82, 2.24) is 14.8 Å². The maximum atomic E-state index is 12.9. The summed E-state index contributed by atoms with van der Waals surface area (Å²) in [6, 6.07) is 9.77. The highest BCUT2D eigenvalue weighted by Gasteiger charge is 2.39. The summed E-state index contributed by atoms with van der Waals surface area (Å²) < 4.78 is 2.11. The Kier molecular flexibility index (Phi) is 3.45. The highest BCUT2D eigenvalue weighted by molar-refractivity contribution is 6.08. The van der Waals surface area contributed by atoms with Gasteiger partial charge in [0.05, 0.1) is 5.56 Å². The topological polar surface area (TPSA) is 37.3 Å². The quantitative estimate of drug-likeness (QED) is 0.926. The molecule has 2 aliphatic rings. The second kappa shape index (κ2) is 5.38. The number of amides is 1. The monoisotopic (exact) mass is 311 g/mol. The minimum Gasteiger partial charge on any atom is -0.349 e. The van der Waals surface area contributed by atoms with Gasteiger partial charge < -0.3 is 14.8 Å². The minimum atomic E-state index is 0.0910. The van der Waals surface area contributed by atoms with Crippen LogP contribution < -0.4 is 5.32 Å². The molecule has 1 aromatic carbocycles. The molecule has 0 aliphatic carbocycles. The second-order valence-electron chi connectivity index (χ2n) is 7.23. The molecule has 0 spiro atoms. The zero-order valence-corrected chi connectivity index (χ0v) is 14.2. The molecule has 3 heterocycles. The molecule has 2 saturated heterocycles. The lowest BCUT2D eigenvalue weighted by Gasteiger charge is -2.36. The first kappa shape index (κ1) is 14.8. The average Bonchev–Trinajstić information content (AvgIpc) is 2.90. The van der Waals surface area contributed by atoms with Gasteiger partial charge in [-0.1, -0.05) is 18.2 Å². The third kappa shape index (κ3) is 2.27. The molecule has 0 radical (unpaired) electrons. The zero-order valence-electron chi connectivity index (χ0n) is 14.2. The van der Waals surface area contributed by atoms with E-state index in [1.54, 1.807) is 0 Å². The minimum absolute atomic E-state index is 0.0910. The fraction of sp³-hybridized carbons (Fsp3) is 0.526. The number of nitrogens with one attached hydrogen (secondary N) is 1. The van der Waals surface area contributed by atoms with Crippen LogP contribution in [0.5, 0.6) is 0 Å². The first-order chi connectivity index (χ1) is 11.1. The van der Waals surface area contributed by atoms with Crippen LogP contribution in [0.2, 0.25) is 0 Å². The predicted octanol–water partition coefficient (Wildman–Crippen LogP) is 2.84. The van der Waals surface area contributed by atoms with Crippen molar-refractivity contribution in [2.75, 3.05) is 7.05 Å². The van der Waals surface area contributed by atoms with Crippen LogP contribution >= 0.6 is 0 Å². The van der Waals surface area contributed by atoms with E-state index in [1.807, 2.05) is 26.1 Å². The molecule has 2 aliphatic heterocycles. The van der Waals surface area contributed by atoms with Gasteiger partial charge in [0.1, 0.15) is 0 Å². The van der Waals surface area contributed by atoms with Gasteiger partial charge in [0.15, 0.2) is 0 Å². The van der Waals surface area contributed by atoms with Gasteiger partial charge in [-0.3, -0.25) is 4.79 Å². The fourth-order valence-electron chi connectivity index (χ4n) is 4.59. The molecule has 2 atom stereocenters. The van der Waals surface area contributed by atoms with Crippen LogP contribution in [-0.4, -0.2) is 40.5 Å². The number of aryl methyl sites for hydroxylation is 1. The Morgan fingerprint density at radius 1 is 1.13 bits per heavy atom. The Hall–Kier alpha value is -1.81. The molecular formula is C19H25N3O. The molecule has 2 fully saturated rings. The number of fused-ring (bicyclic) bond motifs is 3. The molecule has 4 rings (SSSR count). The van der Waals surface area contributed by atoms with Crippen molar-refractivity contribution in [2.45, 2.75) is 50.7 Å². The Morgan fingerprint density at radius 3 is 2.48 bits per heavy atom. The molecule has 1 N–H and O–H groups in total. The van der Waals surface area contributed by atoms with Gasteiger partial charge in [-0.15, -0.1) is 0 Å². The van der Waals surface area contributed by atoms with Crippen molar-refractivity contribution in [3.8, 4) is 0 Å². The Morgan fingerprint density at radius 2 is 1.78 bits per heavy atom. The van der Waals surface area contributed by atoms with E-state index in [9.17, 15) is 4.79 Å². The first-order valence-electron chi connectivity index (χ1n) is 8.63. The van der Waals surface area contributed by atoms with Crippen LogP contribution in [0.1, 0.15) is 41.7 Å². The summed E-state index contributed by atoms with van der Waals surface area (Å²) in [7, 11) is 4.26. The Balaban J connectivity index is 1.60. The third-order valence-corrected chi connectivity index (χ3v) is 6.06. The van der Waals surface area contributed by atoms with Gasteiger partial charge in [0.25, 0.3) is 5.91 Å². The number of piperidine rings is 1. The van der Waals surface area contributed by atoms with Crippen molar-refractivity contribution in [1.29, 1.82) is 0 Å². The number of rotatable bonds is 2. The van der Waals surface area contributed by atoms with E-state index >= 15 is 0 Å². The molecule has 2 unspecified atom stereocenters. The standard InChI is InChI=1S/C19H25N3O/c1-12-18(16-6-4-5-7-17(16)21(12)2)19(23)20-13-10-14-8-9-15(11-13)22(14)3/h4-7,13-15H,8-11H2,1-3H3,(H,20,23). The molecule has 0 saturated carbocycles. The number of carbonyl (C=O) groups excluding carboxylic acids is 1. The lowest BCUT2D eigenvalue weighted by Crippen LogP contribution is -2.48. The van der Waals surface area contributed by atoms with Crippen molar-refractivity contribution in [3.05, 3.63) is 35.5 Å². The van der Waals surface area contributed by atoms with Crippen molar-refractivity contribution in [3.63, 3.8) is 0 Å². The molecule has 1 amide bonds. The number of benzene rings is 1. The largest absolute Gasteiger partial charge is 0.349 e. The lowest BCUT2D eigenvalue weighted by atomic mass is 9.97. The van der Waals surface area contributed by atoms with Gasteiger partial charge in [-0.2, -0.15) is 0 Å². The number of carbonyl (C=O) groups is 1. The predicted molar refractivity (Wildman–Crippen MR) is 92.7 cm³/mol. The molecule has 23 heavy (non-hydrogen) atoms. The molecule has 4 heteroatoms. The highest BCUT2D eigenvalue weighted by Crippen LogP contribution is 2.34. The molecule has 4 nitrogen and oxygen atoms in total. The number of hydrogen-bond acceptors (Lipinski definition) is 2. The van der Waals surface area contributed by atoms with Gasteiger partial charge >= 0.3 is 0 Å². The van der Waals surface area contributed by atoms with Crippen LogP contribution in [0.25, 0.3) is 10.9 Å². The van der Waals surface area contributed by atoms with Gasteiger partial charge in [0, 0.05) is 41.8 Å². The smallest absolute Gasteiger partial charge is 0.253 e. The number of nitrogens with zero attached hydrogens (tertiary/aromatic N) is 2. The van der Waals surface area contributed by atoms with Crippen LogP contribution in [-0.2, 0) is 7.05 Å². The van der Waals surface area contributed by atoms with Gasteiger partial charge in [0.2, 0.25) is 0 Å². The van der Waals surface area contributed by atoms with E-state index in [0.29, 0.717) is 18.1 Å². The van der Waals surface area contributed by atoms with Crippen LogP contribution in [0, 0.1) is 6.92 Å². The molecule has 2 bridgehead atoms. The molecule has 2 aromatic rings. The summed E-state index contributed by atoms with van der Waals surface area (Å²) in [5, 5.41) is 4.38. The Labute approximate surface area is 137 Å². The summed E-state index contributed by atoms with van der Waals surface area (Å²) in [4.78, 5) is 15.4. The van der Waals surface area contributed by atoms with Crippen molar-refractivity contribution >= 4 is 16.8 Å². The zero-order chi connectivity index (χ0) is 16.1. The van der Waals surface area contributed by atoms with E-state index in [0.717, 1.165) is 35.0 Å². The maximum Gasteiger partial charge on any atom is 0.253 e. The molecular weight excluding hydrogens is 286 g/mol. The van der Waals surface area contributed by atoms with E-state index in [4.69, 9.17) is 0 Å². The summed E-state index contributed by atoms with van der Waals surface area (Å²) >= 11 is 0. The SMILES string of the molecule is Cc1c(C(=O)NC2CC3CCC(C2)N3C)c2ccccc2n1C. The highest BCUT2D eigenvalue weighted by atomic mass is 16.1. The number of para-hydroxylation sites is 1. The third-order valence-electron chi connectivity index (χ3n) is 6.06. The van der Waals surface area contributed by atoms with E-state index in [1.165, 1.54) is 12.8 Å². The second-order valence-corrected chi connectivity index (χ2v) is 7.23. The summed E-state index contributed by atoms with van der Waals surface area (Å²) in [5.74, 6) is 0.0910. The fourth-order valence-corrected chi connectivity index (χ4v) is 4.59. The van der Waals surface area contributed by atoms with Crippen LogP contribution in [0.3, 0.4) is 0 Å². The van der Waals surface area contributed by atoms with E-state index in [-0.39, 0.29) is 5.91 Å². The van der Waals surface area contributed by atoms with Crippen molar-refractivity contribution < 1.29 is 4.79 Å². The summed E-state index contributed by atoms with van der Waals surface area (Å²) in [6.07, 6.45) is 4.73. The van der Waals surface area contributed by atoms with Crippen LogP contribution in [0.15, 0.2) is 24.3 Å². The number of hydrogen-bond donors (Lipinski definition) is 1. The van der Waals surface area contributed by atoms with Crippen LogP contribution in [0.4, 0.5) is 0 Å². The van der Waals surface area contributed by atoms with Crippen molar-refractivity contribution in [2.24, 2.45) is 7.05 Å². The van der Waals surface area contributed by atoms with E-state index in [2.05, 4.69) is 34.0 Å². The van der Waals surface area contributed by atoms with Gasteiger partial charge in [-0.05, 0) is 45.7 Å². The maximum absolute atomic E-state index is 12.9. The molecule has 1 aromatic heterocycles. The normalized spacial score (nSPS) is 27.5. The summed E-state index contributed by atoms with van der Waals surface area (Å²) in [6.45, 7) is 2.03. The van der Waals surface area contributed by atoms with Gasteiger partial charge in [-0.25, -0.2) is 0 Å².